The van der Waals surface area contributed by atoms with Gasteiger partial charge in [0.2, 0.25) is 0 Å². The monoisotopic (exact) mass is 306 g/mol. The van der Waals surface area contributed by atoms with Gasteiger partial charge in [-0.1, -0.05) is 0 Å². The van der Waals surface area contributed by atoms with Crippen molar-refractivity contribution in [2.75, 3.05) is 20.3 Å². The molecule has 1 N–H and O–H groups in total. The Balaban J connectivity index is 1.84. The lowest BCUT2D eigenvalue weighted by atomic mass is 10.0. The smallest absolute Gasteiger partial charge is 0.311 e. The molecule has 0 radical (unpaired) electrons. The van der Waals surface area contributed by atoms with Crippen LogP contribution in [0.1, 0.15) is 10.4 Å². The number of likely N-dealkylation sites (N-methyl/N-ethyl adjacent to an activating group) is 1. The number of benzene rings is 1. The van der Waals surface area contributed by atoms with Crippen LogP contribution in [0, 0.1) is 5.92 Å². The van der Waals surface area contributed by atoms with Gasteiger partial charge in [-0.15, -0.1) is 11.3 Å². The standard InChI is InChI=1S/C14H14N2O4S/c1-16(11-6-20-5-9(11)14(18)19)13(17)8-2-3-10-12(4-8)21-7-15-10/h2-4,7,9,11H,5-6H2,1H3,(H,18,19). The van der Waals surface area contributed by atoms with Crippen LogP contribution in [-0.2, 0) is 9.53 Å². The topological polar surface area (TPSA) is 79.7 Å². The first-order chi connectivity index (χ1) is 10.1. The van der Waals surface area contributed by atoms with Gasteiger partial charge in [-0.05, 0) is 18.2 Å². The maximum atomic E-state index is 12.5. The molecule has 2 unspecified atom stereocenters. The highest BCUT2D eigenvalue weighted by Gasteiger charge is 2.38. The van der Waals surface area contributed by atoms with Crippen LogP contribution in [0.25, 0.3) is 10.2 Å². The van der Waals surface area contributed by atoms with Gasteiger partial charge in [-0.2, -0.15) is 0 Å². The van der Waals surface area contributed by atoms with E-state index in [1.54, 1.807) is 30.8 Å². The fourth-order valence-corrected chi connectivity index (χ4v) is 3.22. The van der Waals surface area contributed by atoms with Crippen molar-refractivity contribution in [2.45, 2.75) is 6.04 Å². The highest BCUT2D eigenvalue weighted by molar-refractivity contribution is 7.16. The molecule has 0 saturated carbocycles. The molecule has 2 aromatic rings. The van der Waals surface area contributed by atoms with Crippen LogP contribution < -0.4 is 0 Å². The average Bonchev–Trinajstić information content (AvgIpc) is 3.13. The lowest BCUT2D eigenvalue weighted by Crippen LogP contribution is -2.44. The number of carbonyl (C=O) groups is 2. The van der Waals surface area contributed by atoms with Gasteiger partial charge < -0.3 is 14.7 Å². The highest BCUT2D eigenvalue weighted by Crippen LogP contribution is 2.23. The van der Waals surface area contributed by atoms with Gasteiger partial charge >= 0.3 is 5.97 Å². The molecule has 0 aliphatic carbocycles. The number of carboxylic acid groups (broad SMARTS) is 1. The average molecular weight is 306 g/mol. The van der Waals surface area contributed by atoms with E-state index in [0.717, 1.165) is 10.2 Å². The fourth-order valence-electron chi connectivity index (χ4n) is 2.50. The molecule has 1 saturated heterocycles. The molecule has 2 atom stereocenters. The van der Waals surface area contributed by atoms with Gasteiger partial charge in [0.05, 0.1) is 35.0 Å². The number of carbonyl (C=O) groups excluding carboxylic acids is 1. The van der Waals surface area contributed by atoms with Crippen LogP contribution in [0.2, 0.25) is 0 Å². The van der Waals surface area contributed by atoms with Crippen LogP contribution in [-0.4, -0.2) is 53.2 Å². The number of nitrogens with zero attached hydrogens (tertiary/aromatic N) is 2. The SMILES string of the molecule is CN(C(=O)c1ccc2ncsc2c1)C1COCC1C(=O)O. The number of hydrogen-bond donors (Lipinski definition) is 1. The zero-order chi connectivity index (χ0) is 15.0. The minimum atomic E-state index is -0.935. The lowest BCUT2D eigenvalue weighted by Gasteiger charge is -2.26. The molecule has 6 nitrogen and oxygen atoms in total. The third-order valence-corrected chi connectivity index (χ3v) is 4.56. The molecule has 3 rings (SSSR count). The molecule has 1 amide bonds. The number of aliphatic carboxylic acids is 1. The van der Waals surface area contributed by atoms with E-state index in [0.29, 0.717) is 5.56 Å². The van der Waals surface area contributed by atoms with Gasteiger partial charge in [-0.3, -0.25) is 9.59 Å². The van der Waals surface area contributed by atoms with E-state index >= 15 is 0 Å². The number of hydrogen-bond acceptors (Lipinski definition) is 5. The molecule has 1 aliphatic rings. The Labute approximate surface area is 125 Å². The van der Waals surface area contributed by atoms with Crippen LogP contribution >= 0.6 is 11.3 Å². The fraction of sp³-hybridized carbons (Fsp3) is 0.357. The van der Waals surface area contributed by atoms with E-state index in [1.807, 2.05) is 0 Å². The summed E-state index contributed by atoms with van der Waals surface area (Å²) in [6, 6.07) is 4.86. The molecule has 7 heteroatoms. The summed E-state index contributed by atoms with van der Waals surface area (Å²) in [6.45, 7) is 0.396. The quantitative estimate of drug-likeness (QED) is 0.929. The van der Waals surface area contributed by atoms with Crippen molar-refractivity contribution in [3.63, 3.8) is 0 Å². The predicted molar refractivity (Wildman–Crippen MR) is 77.4 cm³/mol. The van der Waals surface area contributed by atoms with Gasteiger partial charge in [0.25, 0.3) is 5.91 Å². The molecule has 110 valence electrons. The van der Waals surface area contributed by atoms with Gasteiger partial charge in [0.1, 0.15) is 5.92 Å². The van der Waals surface area contributed by atoms with Crippen molar-refractivity contribution in [1.29, 1.82) is 0 Å². The third kappa shape index (κ3) is 2.50. The van der Waals surface area contributed by atoms with Crippen molar-refractivity contribution in [1.82, 2.24) is 9.88 Å². The molecule has 1 aliphatic heterocycles. The van der Waals surface area contributed by atoms with Crippen molar-refractivity contribution in [3.8, 4) is 0 Å². The first kappa shape index (κ1) is 14.0. The molecule has 0 spiro atoms. The van der Waals surface area contributed by atoms with Crippen molar-refractivity contribution < 1.29 is 19.4 Å². The summed E-state index contributed by atoms with van der Waals surface area (Å²) in [4.78, 5) is 29.4. The number of rotatable bonds is 3. The second-order valence-corrected chi connectivity index (χ2v) is 5.89. The molecule has 2 heterocycles. The lowest BCUT2D eigenvalue weighted by molar-refractivity contribution is -0.142. The Bertz CT molecular complexity index is 699. The minimum absolute atomic E-state index is 0.144. The first-order valence-corrected chi connectivity index (χ1v) is 7.37. The molecular formula is C14H14N2O4S. The number of fused-ring (bicyclic) bond motifs is 1. The Hall–Kier alpha value is -1.99. The summed E-state index contributed by atoms with van der Waals surface area (Å²) in [5.41, 5.74) is 3.12. The molecule has 1 aromatic heterocycles. The normalized spacial score (nSPS) is 21.6. The maximum absolute atomic E-state index is 12.5. The van der Waals surface area contributed by atoms with Crippen LogP contribution in [0.4, 0.5) is 0 Å². The number of aromatic nitrogens is 1. The molecular weight excluding hydrogens is 292 g/mol. The first-order valence-electron chi connectivity index (χ1n) is 6.49. The Morgan fingerprint density at radius 1 is 1.43 bits per heavy atom. The second-order valence-electron chi connectivity index (χ2n) is 5.00. The van der Waals surface area contributed by atoms with Gasteiger partial charge in [0, 0.05) is 12.6 Å². The largest absolute Gasteiger partial charge is 0.481 e. The van der Waals surface area contributed by atoms with E-state index in [2.05, 4.69) is 4.98 Å². The van der Waals surface area contributed by atoms with E-state index in [1.165, 1.54) is 16.2 Å². The van der Waals surface area contributed by atoms with E-state index < -0.39 is 17.9 Å². The number of amides is 1. The summed E-state index contributed by atoms with van der Waals surface area (Å²) in [7, 11) is 1.62. The Morgan fingerprint density at radius 2 is 2.24 bits per heavy atom. The Morgan fingerprint density at radius 3 is 3.00 bits per heavy atom. The summed E-state index contributed by atoms with van der Waals surface area (Å²) >= 11 is 1.47. The minimum Gasteiger partial charge on any atom is -0.481 e. The van der Waals surface area contributed by atoms with E-state index in [-0.39, 0.29) is 19.1 Å². The third-order valence-electron chi connectivity index (χ3n) is 3.76. The predicted octanol–water partition coefficient (Wildman–Crippen LogP) is 1.47. The molecule has 1 fully saturated rings. The van der Waals surface area contributed by atoms with Crippen molar-refractivity contribution in [2.24, 2.45) is 5.92 Å². The zero-order valence-electron chi connectivity index (χ0n) is 11.4. The summed E-state index contributed by atoms with van der Waals surface area (Å²) < 4.78 is 6.15. The molecule has 0 bridgehead atoms. The van der Waals surface area contributed by atoms with Crippen LogP contribution in [0.5, 0.6) is 0 Å². The highest BCUT2D eigenvalue weighted by atomic mass is 32.1. The van der Waals surface area contributed by atoms with Crippen LogP contribution in [0.3, 0.4) is 0 Å². The van der Waals surface area contributed by atoms with Crippen molar-refractivity contribution in [3.05, 3.63) is 29.3 Å². The maximum Gasteiger partial charge on any atom is 0.311 e. The number of ether oxygens (including phenoxy) is 1. The molecule has 1 aromatic carbocycles. The number of carboxylic acids is 1. The van der Waals surface area contributed by atoms with Crippen molar-refractivity contribution >= 4 is 33.4 Å². The summed E-state index contributed by atoms with van der Waals surface area (Å²) in [5, 5.41) is 9.17. The summed E-state index contributed by atoms with van der Waals surface area (Å²) in [6.07, 6.45) is 0. The zero-order valence-corrected chi connectivity index (χ0v) is 12.2. The van der Waals surface area contributed by atoms with Crippen LogP contribution in [0.15, 0.2) is 23.7 Å². The second kappa shape index (κ2) is 5.42. The van der Waals surface area contributed by atoms with E-state index in [4.69, 9.17) is 4.74 Å². The Kier molecular flexibility index (Phi) is 3.60. The van der Waals surface area contributed by atoms with Gasteiger partial charge in [0.15, 0.2) is 0 Å². The summed E-state index contributed by atoms with van der Waals surface area (Å²) in [5.74, 6) is -1.81. The van der Waals surface area contributed by atoms with Gasteiger partial charge in [-0.25, -0.2) is 4.98 Å². The molecule has 21 heavy (non-hydrogen) atoms. The number of thiazole rings is 1. The van der Waals surface area contributed by atoms with E-state index in [9.17, 15) is 14.7 Å².